The topological polar surface area (TPSA) is 99.8 Å². The number of aliphatic imine (C=N–C) groups is 1. The molecule has 3 rings (SSSR count). The number of nitrogens with zero attached hydrogens (tertiary/aromatic N) is 6. The summed E-state index contributed by atoms with van der Waals surface area (Å²) in [5.41, 5.74) is 1.06. The maximum absolute atomic E-state index is 10.7. The highest BCUT2D eigenvalue weighted by atomic mass is 16.6. The van der Waals surface area contributed by atoms with E-state index in [0.29, 0.717) is 6.54 Å². The average molecular weight is 355 g/mol. The van der Waals surface area contributed by atoms with E-state index in [2.05, 4.69) is 30.1 Å². The van der Waals surface area contributed by atoms with Crippen molar-refractivity contribution in [1.82, 2.24) is 20.2 Å². The van der Waals surface area contributed by atoms with E-state index >= 15 is 0 Å². The molecule has 1 saturated heterocycles. The molecule has 2 aromatic rings. The van der Waals surface area contributed by atoms with Crippen LogP contribution in [0.15, 0.2) is 47.7 Å². The molecule has 0 unspecified atom stereocenters. The number of rotatable bonds is 4. The molecule has 9 nitrogen and oxygen atoms in total. The Bertz CT molecular complexity index is 756. The lowest BCUT2D eigenvalue weighted by Crippen LogP contribution is -2.52. The fourth-order valence-corrected chi connectivity index (χ4v) is 2.82. The van der Waals surface area contributed by atoms with Crippen molar-refractivity contribution < 1.29 is 4.92 Å². The monoisotopic (exact) mass is 355 g/mol. The van der Waals surface area contributed by atoms with Crippen LogP contribution in [0.4, 0.5) is 11.6 Å². The molecule has 0 atom stereocenters. The van der Waals surface area contributed by atoms with Crippen LogP contribution in [0, 0.1) is 10.1 Å². The smallest absolute Gasteiger partial charge is 0.269 e. The van der Waals surface area contributed by atoms with E-state index in [9.17, 15) is 10.1 Å². The number of nitrogens with one attached hydrogen (secondary N) is 1. The molecule has 9 heteroatoms. The van der Waals surface area contributed by atoms with E-state index in [1.165, 1.54) is 12.1 Å². The summed E-state index contributed by atoms with van der Waals surface area (Å²) in [6.45, 7) is 3.84. The number of nitro groups is 1. The number of hydrogen-bond donors (Lipinski definition) is 1. The summed E-state index contributed by atoms with van der Waals surface area (Å²) in [5, 5.41) is 14.0. The van der Waals surface area contributed by atoms with Crippen LogP contribution in [0.25, 0.3) is 0 Å². The minimum Gasteiger partial charge on any atom is -0.352 e. The van der Waals surface area contributed by atoms with Gasteiger partial charge in [0.25, 0.3) is 5.69 Å². The Balaban J connectivity index is 1.53. The first-order valence-corrected chi connectivity index (χ1v) is 8.38. The first-order chi connectivity index (χ1) is 12.7. The maximum atomic E-state index is 10.7. The van der Waals surface area contributed by atoms with E-state index in [1.54, 1.807) is 31.6 Å². The molecule has 1 aromatic heterocycles. The molecule has 1 aromatic carbocycles. The molecule has 0 bridgehead atoms. The number of hydrogen-bond acceptors (Lipinski definition) is 6. The summed E-state index contributed by atoms with van der Waals surface area (Å²) in [6, 6.07) is 8.34. The second-order valence-corrected chi connectivity index (χ2v) is 5.85. The fraction of sp³-hybridized carbons (Fsp3) is 0.353. The van der Waals surface area contributed by atoms with Gasteiger partial charge in [-0.1, -0.05) is 12.1 Å². The number of benzene rings is 1. The molecule has 0 spiro atoms. The summed E-state index contributed by atoms with van der Waals surface area (Å²) in [4.78, 5) is 27.6. The van der Waals surface area contributed by atoms with Crippen molar-refractivity contribution in [3.8, 4) is 0 Å². The van der Waals surface area contributed by atoms with E-state index in [1.807, 2.05) is 6.07 Å². The van der Waals surface area contributed by atoms with Crippen LogP contribution in [0.2, 0.25) is 0 Å². The Hall–Kier alpha value is -3.23. The predicted octanol–water partition coefficient (Wildman–Crippen LogP) is 1.28. The lowest BCUT2D eigenvalue weighted by atomic mass is 10.2. The molecule has 2 heterocycles. The van der Waals surface area contributed by atoms with Crippen molar-refractivity contribution in [2.45, 2.75) is 6.54 Å². The third kappa shape index (κ3) is 4.24. The molecule has 0 aliphatic carbocycles. The molecule has 0 amide bonds. The summed E-state index contributed by atoms with van der Waals surface area (Å²) in [5.74, 6) is 1.57. The number of anilines is 1. The number of aromatic nitrogens is 2. The van der Waals surface area contributed by atoms with Crippen LogP contribution in [0.3, 0.4) is 0 Å². The highest BCUT2D eigenvalue weighted by molar-refractivity contribution is 5.80. The highest BCUT2D eigenvalue weighted by Crippen LogP contribution is 2.12. The Kier molecular flexibility index (Phi) is 5.57. The third-order valence-electron chi connectivity index (χ3n) is 4.22. The molecular weight excluding hydrogens is 334 g/mol. The predicted molar refractivity (Wildman–Crippen MR) is 99.1 cm³/mol. The van der Waals surface area contributed by atoms with Gasteiger partial charge in [0, 0.05) is 64.3 Å². The normalized spacial score (nSPS) is 15.0. The zero-order valence-electron chi connectivity index (χ0n) is 14.6. The Morgan fingerprint density at radius 2 is 1.85 bits per heavy atom. The maximum Gasteiger partial charge on any atom is 0.269 e. The first kappa shape index (κ1) is 17.6. The number of nitro benzene ring substituents is 1. The van der Waals surface area contributed by atoms with Gasteiger partial charge in [0.15, 0.2) is 5.96 Å². The Labute approximate surface area is 151 Å². The van der Waals surface area contributed by atoms with Crippen LogP contribution in [0.1, 0.15) is 5.56 Å². The van der Waals surface area contributed by atoms with E-state index in [4.69, 9.17) is 0 Å². The minimum atomic E-state index is -0.397. The van der Waals surface area contributed by atoms with Gasteiger partial charge < -0.3 is 15.1 Å². The standard InChI is InChI=1S/C17H21N7O2/c1-18-16(21-13-14-3-5-15(6-4-14)24(25)26)22-9-11-23(12-10-22)17-19-7-2-8-20-17/h2-8H,9-13H2,1H3,(H,18,21). The zero-order valence-corrected chi connectivity index (χ0v) is 14.6. The summed E-state index contributed by atoms with van der Waals surface area (Å²) in [6.07, 6.45) is 3.50. The van der Waals surface area contributed by atoms with Gasteiger partial charge in [-0.05, 0) is 11.6 Å². The average Bonchev–Trinajstić information content (AvgIpc) is 2.70. The quantitative estimate of drug-likeness (QED) is 0.382. The lowest BCUT2D eigenvalue weighted by Gasteiger charge is -2.36. The largest absolute Gasteiger partial charge is 0.352 e. The zero-order chi connectivity index (χ0) is 18.4. The molecule has 0 radical (unpaired) electrons. The first-order valence-electron chi connectivity index (χ1n) is 8.38. The number of piperazine rings is 1. The molecule has 1 fully saturated rings. The molecule has 1 N–H and O–H groups in total. The van der Waals surface area contributed by atoms with E-state index in [-0.39, 0.29) is 5.69 Å². The van der Waals surface area contributed by atoms with E-state index < -0.39 is 4.92 Å². The van der Waals surface area contributed by atoms with Crippen LogP contribution in [0.5, 0.6) is 0 Å². The summed E-state index contributed by atoms with van der Waals surface area (Å²) in [7, 11) is 1.75. The fourth-order valence-electron chi connectivity index (χ4n) is 2.82. The molecule has 0 saturated carbocycles. The van der Waals surface area contributed by atoms with Gasteiger partial charge in [-0.25, -0.2) is 9.97 Å². The van der Waals surface area contributed by atoms with Crippen molar-refractivity contribution in [3.63, 3.8) is 0 Å². The minimum absolute atomic E-state index is 0.0948. The van der Waals surface area contributed by atoms with Crippen molar-refractivity contribution >= 4 is 17.6 Å². The van der Waals surface area contributed by atoms with Crippen molar-refractivity contribution in [3.05, 3.63) is 58.4 Å². The Morgan fingerprint density at radius 1 is 1.19 bits per heavy atom. The van der Waals surface area contributed by atoms with Crippen LogP contribution in [-0.4, -0.2) is 59.0 Å². The van der Waals surface area contributed by atoms with Crippen molar-refractivity contribution in [2.24, 2.45) is 4.99 Å². The summed E-state index contributed by atoms with van der Waals surface area (Å²) < 4.78 is 0. The van der Waals surface area contributed by atoms with Gasteiger partial charge >= 0.3 is 0 Å². The van der Waals surface area contributed by atoms with Crippen LogP contribution in [-0.2, 0) is 6.54 Å². The SMILES string of the molecule is CN=C(NCc1ccc([N+](=O)[O-])cc1)N1CCN(c2ncccn2)CC1. The molecular formula is C17H21N7O2. The van der Waals surface area contributed by atoms with Crippen molar-refractivity contribution in [1.29, 1.82) is 0 Å². The van der Waals surface area contributed by atoms with Crippen molar-refractivity contribution in [2.75, 3.05) is 38.1 Å². The van der Waals surface area contributed by atoms with Gasteiger partial charge in [-0.2, -0.15) is 0 Å². The van der Waals surface area contributed by atoms with Gasteiger partial charge in [0.2, 0.25) is 5.95 Å². The van der Waals surface area contributed by atoms with E-state index in [0.717, 1.165) is 43.7 Å². The van der Waals surface area contributed by atoms with Gasteiger partial charge in [-0.15, -0.1) is 0 Å². The van der Waals surface area contributed by atoms with Gasteiger partial charge in [0.1, 0.15) is 0 Å². The second-order valence-electron chi connectivity index (χ2n) is 5.85. The molecule has 26 heavy (non-hydrogen) atoms. The van der Waals surface area contributed by atoms with Crippen LogP contribution >= 0.6 is 0 Å². The highest BCUT2D eigenvalue weighted by Gasteiger charge is 2.21. The third-order valence-corrected chi connectivity index (χ3v) is 4.22. The lowest BCUT2D eigenvalue weighted by molar-refractivity contribution is -0.384. The number of guanidine groups is 1. The van der Waals surface area contributed by atoms with Gasteiger partial charge in [0.05, 0.1) is 4.92 Å². The summed E-state index contributed by atoms with van der Waals surface area (Å²) >= 11 is 0. The molecule has 1 aliphatic heterocycles. The van der Waals surface area contributed by atoms with Crippen LogP contribution < -0.4 is 10.2 Å². The number of non-ortho nitro benzene ring substituents is 1. The molecule has 1 aliphatic rings. The Morgan fingerprint density at radius 3 is 2.42 bits per heavy atom. The molecule has 136 valence electrons. The second kappa shape index (κ2) is 8.24. The van der Waals surface area contributed by atoms with Gasteiger partial charge in [-0.3, -0.25) is 15.1 Å².